The second-order valence-electron chi connectivity index (χ2n) is 6.82. The standard InChI is InChI=1S/C20H17BrN4O3/c1-24(2)9-8-23-20(28)14-13-6-5-11(21)10-25(13)17-15(14)18(26)12-4-3-7-22-16(12)19(17)27/h3-7,10H,8-9H2,1-2H3,(H,23,28). The summed E-state index contributed by atoms with van der Waals surface area (Å²) in [5.41, 5.74) is 1.35. The predicted molar refractivity (Wildman–Crippen MR) is 107 cm³/mol. The number of nitrogens with one attached hydrogen (secondary N) is 1. The van der Waals surface area contributed by atoms with Gasteiger partial charge in [-0.25, -0.2) is 0 Å². The summed E-state index contributed by atoms with van der Waals surface area (Å²) < 4.78 is 2.32. The lowest BCUT2D eigenvalue weighted by molar-refractivity contribution is 0.0937. The molecule has 0 atom stereocenters. The summed E-state index contributed by atoms with van der Waals surface area (Å²) in [7, 11) is 3.82. The summed E-state index contributed by atoms with van der Waals surface area (Å²) in [6.07, 6.45) is 3.17. The van der Waals surface area contributed by atoms with E-state index in [0.29, 0.717) is 18.6 Å². The summed E-state index contributed by atoms with van der Waals surface area (Å²) in [5.74, 6) is -1.11. The maximum Gasteiger partial charge on any atom is 0.254 e. The fourth-order valence-corrected chi connectivity index (χ4v) is 3.74. The number of nitrogens with zero attached hydrogens (tertiary/aromatic N) is 3. The molecule has 7 nitrogen and oxygen atoms in total. The van der Waals surface area contributed by atoms with Crippen LogP contribution in [0.2, 0.25) is 0 Å². The van der Waals surface area contributed by atoms with E-state index in [1.165, 1.54) is 6.20 Å². The molecule has 0 unspecified atom stereocenters. The van der Waals surface area contributed by atoms with Gasteiger partial charge in [0.1, 0.15) is 11.4 Å². The van der Waals surface area contributed by atoms with E-state index in [1.807, 2.05) is 19.0 Å². The van der Waals surface area contributed by atoms with E-state index in [2.05, 4.69) is 26.2 Å². The van der Waals surface area contributed by atoms with Crippen molar-refractivity contribution >= 4 is 38.9 Å². The maximum absolute atomic E-state index is 13.2. The van der Waals surface area contributed by atoms with Crippen molar-refractivity contribution in [2.24, 2.45) is 0 Å². The van der Waals surface area contributed by atoms with E-state index >= 15 is 0 Å². The van der Waals surface area contributed by atoms with Gasteiger partial charge in [-0.15, -0.1) is 0 Å². The lowest BCUT2D eigenvalue weighted by atomic mass is 9.89. The van der Waals surface area contributed by atoms with Crippen LogP contribution >= 0.6 is 15.9 Å². The Balaban J connectivity index is 1.93. The van der Waals surface area contributed by atoms with Crippen LogP contribution in [0.3, 0.4) is 0 Å². The second-order valence-corrected chi connectivity index (χ2v) is 7.73. The number of hydrogen-bond acceptors (Lipinski definition) is 5. The van der Waals surface area contributed by atoms with Crippen molar-refractivity contribution in [3.8, 4) is 0 Å². The van der Waals surface area contributed by atoms with Crippen LogP contribution in [0.25, 0.3) is 5.52 Å². The Morgan fingerprint density at radius 3 is 2.75 bits per heavy atom. The van der Waals surface area contributed by atoms with Gasteiger partial charge in [-0.1, -0.05) is 0 Å². The average molecular weight is 441 g/mol. The Morgan fingerprint density at radius 1 is 1.21 bits per heavy atom. The number of likely N-dealkylation sites (N-methyl/N-ethyl adjacent to an activating group) is 1. The molecule has 3 aromatic rings. The summed E-state index contributed by atoms with van der Waals surface area (Å²) in [6, 6.07) is 6.68. The Hall–Kier alpha value is -2.84. The molecule has 0 spiro atoms. The SMILES string of the molecule is CN(C)CCNC(=O)c1c2c(n3cc(Br)ccc13)C(=O)c1ncccc1C2=O. The number of halogens is 1. The van der Waals surface area contributed by atoms with Gasteiger partial charge < -0.3 is 14.6 Å². The number of aromatic nitrogens is 2. The first-order valence-corrected chi connectivity index (χ1v) is 9.50. The summed E-state index contributed by atoms with van der Waals surface area (Å²) in [6.45, 7) is 1.08. The van der Waals surface area contributed by atoms with Crippen molar-refractivity contribution in [2.45, 2.75) is 0 Å². The quantitative estimate of drug-likeness (QED) is 0.525. The van der Waals surface area contributed by atoms with E-state index in [-0.39, 0.29) is 45.6 Å². The molecule has 0 fully saturated rings. The van der Waals surface area contributed by atoms with Crippen LogP contribution < -0.4 is 5.32 Å². The molecule has 1 amide bonds. The highest BCUT2D eigenvalue weighted by Gasteiger charge is 2.38. The summed E-state index contributed by atoms with van der Waals surface area (Å²) in [5, 5.41) is 2.85. The monoisotopic (exact) mass is 440 g/mol. The normalized spacial score (nSPS) is 13.0. The van der Waals surface area contributed by atoms with Crippen molar-refractivity contribution in [1.29, 1.82) is 0 Å². The number of fused-ring (bicyclic) bond motifs is 4. The van der Waals surface area contributed by atoms with Crippen molar-refractivity contribution in [2.75, 3.05) is 27.2 Å². The highest BCUT2D eigenvalue weighted by atomic mass is 79.9. The van der Waals surface area contributed by atoms with Gasteiger partial charge >= 0.3 is 0 Å². The Morgan fingerprint density at radius 2 is 2.00 bits per heavy atom. The second kappa shape index (κ2) is 6.96. The molecule has 0 saturated carbocycles. The fraction of sp³-hybridized carbons (Fsp3) is 0.200. The molecule has 0 bridgehead atoms. The molecule has 0 aliphatic heterocycles. The first-order valence-electron chi connectivity index (χ1n) is 8.71. The molecule has 1 N–H and O–H groups in total. The number of amides is 1. The Labute approximate surface area is 169 Å². The van der Waals surface area contributed by atoms with E-state index in [4.69, 9.17) is 0 Å². The number of carbonyl (C=O) groups excluding carboxylic acids is 3. The van der Waals surface area contributed by atoms with Gasteiger partial charge in [0.25, 0.3) is 5.91 Å². The van der Waals surface area contributed by atoms with Crippen LogP contribution in [-0.2, 0) is 0 Å². The Kier molecular flexibility index (Phi) is 4.60. The molecule has 4 rings (SSSR count). The minimum atomic E-state index is -0.378. The third-order valence-corrected chi connectivity index (χ3v) is 5.15. The zero-order chi connectivity index (χ0) is 20.0. The van der Waals surface area contributed by atoms with Gasteiger partial charge in [0.2, 0.25) is 5.78 Å². The molecule has 0 radical (unpaired) electrons. The summed E-state index contributed by atoms with van der Waals surface area (Å²) >= 11 is 3.39. The first kappa shape index (κ1) is 18.5. The van der Waals surface area contributed by atoms with E-state index < -0.39 is 0 Å². The fourth-order valence-electron chi connectivity index (χ4n) is 3.40. The number of ketones is 2. The van der Waals surface area contributed by atoms with Crippen LogP contribution in [0.15, 0.2) is 41.1 Å². The van der Waals surface area contributed by atoms with Crippen LogP contribution in [0.4, 0.5) is 0 Å². The minimum absolute atomic E-state index is 0.110. The molecular weight excluding hydrogens is 424 g/mol. The molecule has 0 aromatic carbocycles. The Bertz CT molecular complexity index is 1150. The molecule has 1 aliphatic carbocycles. The first-order chi connectivity index (χ1) is 13.4. The summed E-state index contributed by atoms with van der Waals surface area (Å²) in [4.78, 5) is 45.4. The molecule has 142 valence electrons. The molecular formula is C20H17BrN4O3. The van der Waals surface area contributed by atoms with Gasteiger partial charge in [0.15, 0.2) is 5.78 Å². The molecule has 3 aromatic heterocycles. The highest BCUT2D eigenvalue weighted by molar-refractivity contribution is 9.10. The maximum atomic E-state index is 13.2. The molecule has 8 heteroatoms. The minimum Gasteiger partial charge on any atom is -0.351 e. The largest absolute Gasteiger partial charge is 0.351 e. The van der Waals surface area contributed by atoms with E-state index in [1.54, 1.807) is 34.9 Å². The third-order valence-electron chi connectivity index (χ3n) is 4.68. The van der Waals surface area contributed by atoms with Crippen LogP contribution in [0.5, 0.6) is 0 Å². The lowest BCUT2D eigenvalue weighted by Gasteiger charge is -2.15. The predicted octanol–water partition coefficient (Wildman–Crippen LogP) is 2.16. The van der Waals surface area contributed by atoms with Crippen molar-refractivity contribution in [1.82, 2.24) is 19.6 Å². The van der Waals surface area contributed by atoms with E-state index in [9.17, 15) is 14.4 Å². The van der Waals surface area contributed by atoms with Gasteiger partial charge in [-0.3, -0.25) is 19.4 Å². The molecule has 0 saturated heterocycles. The zero-order valence-corrected chi connectivity index (χ0v) is 16.9. The van der Waals surface area contributed by atoms with Gasteiger partial charge in [0, 0.05) is 30.0 Å². The van der Waals surface area contributed by atoms with E-state index in [0.717, 1.165) is 4.47 Å². The van der Waals surface area contributed by atoms with Gasteiger partial charge in [0.05, 0.1) is 22.2 Å². The van der Waals surface area contributed by atoms with Crippen molar-refractivity contribution in [3.63, 3.8) is 0 Å². The molecule has 3 heterocycles. The number of rotatable bonds is 4. The molecule has 1 aliphatic rings. The highest BCUT2D eigenvalue weighted by Crippen LogP contribution is 2.33. The zero-order valence-electron chi connectivity index (χ0n) is 15.3. The number of pyridine rings is 2. The number of carbonyl (C=O) groups is 3. The van der Waals surface area contributed by atoms with Crippen LogP contribution in [0, 0.1) is 0 Å². The topological polar surface area (TPSA) is 83.8 Å². The van der Waals surface area contributed by atoms with Gasteiger partial charge in [-0.2, -0.15) is 0 Å². The number of hydrogen-bond donors (Lipinski definition) is 1. The lowest BCUT2D eigenvalue weighted by Crippen LogP contribution is -2.32. The smallest absolute Gasteiger partial charge is 0.254 e. The van der Waals surface area contributed by atoms with Gasteiger partial charge in [-0.05, 0) is 54.3 Å². The van der Waals surface area contributed by atoms with Crippen LogP contribution in [-0.4, -0.2) is 58.9 Å². The third kappa shape index (κ3) is 2.85. The molecule has 28 heavy (non-hydrogen) atoms. The van der Waals surface area contributed by atoms with Crippen LogP contribution in [0.1, 0.15) is 42.5 Å². The average Bonchev–Trinajstić information content (AvgIpc) is 3.00. The van der Waals surface area contributed by atoms with Crippen molar-refractivity contribution in [3.05, 3.63) is 69.2 Å². The van der Waals surface area contributed by atoms with Crippen molar-refractivity contribution < 1.29 is 14.4 Å².